The summed E-state index contributed by atoms with van der Waals surface area (Å²) >= 11 is 0. The highest BCUT2D eigenvalue weighted by Crippen LogP contribution is 2.30. The number of fused-ring (bicyclic) bond motifs is 1. The van der Waals surface area contributed by atoms with Gasteiger partial charge in [-0.05, 0) is 36.2 Å². The van der Waals surface area contributed by atoms with Gasteiger partial charge in [0.25, 0.3) is 5.91 Å². The minimum Gasteiger partial charge on any atom is -0.506 e. The molecule has 3 aromatic rings. The second-order valence-electron chi connectivity index (χ2n) is 6.68. The zero-order valence-corrected chi connectivity index (χ0v) is 15.6. The van der Waals surface area contributed by atoms with Crippen molar-refractivity contribution in [2.75, 3.05) is 11.9 Å². The van der Waals surface area contributed by atoms with Gasteiger partial charge in [-0.25, -0.2) is 13.2 Å². The van der Waals surface area contributed by atoms with E-state index >= 15 is 0 Å². The second-order valence-corrected chi connectivity index (χ2v) is 6.68. The van der Waals surface area contributed by atoms with Gasteiger partial charge in [-0.3, -0.25) is 9.89 Å². The van der Waals surface area contributed by atoms with E-state index in [1.165, 1.54) is 6.07 Å². The summed E-state index contributed by atoms with van der Waals surface area (Å²) < 4.78 is 40.7. The molecule has 1 amide bonds. The lowest BCUT2D eigenvalue weighted by Gasteiger charge is -2.12. The van der Waals surface area contributed by atoms with Crippen LogP contribution in [0.5, 0.6) is 5.75 Å². The molecule has 10 heteroatoms. The molecule has 0 saturated heterocycles. The monoisotopic (exact) mass is 405 g/mol. The lowest BCUT2D eigenvalue weighted by Crippen LogP contribution is -2.34. The third kappa shape index (κ3) is 4.48. The number of aliphatic imine (C=N–C) groups is 1. The molecule has 0 aliphatic heterocycles. The molecule has 1 heterocycles. The van der Waals surface area contributed by atoms with Crippen LogP contribution >= 0.6 is 0 Å². The van der Waals surface area contributed by atoms with Crippen molar-refractivity contribution in [1.29, 1.82) is 0 Å². The molecule has 0 spiro atoms. The van der Waals surface area contributed by atoms with Crippen molar-refractivity contribution in [3.63, 3.8) is 0 Å². The minimum absolute atomic E-state index is 0.0125. The van der Waals surface area contributed by atoms with Crippen molar-refractivity contribution in [1.82, 2.24) is 15.5 Å². The first-order valence-corrected chi connectivity index (χ1v) is 8.70. The summed E-state index contributed by atoms with van der Waals surface area (Å²) in [6, 6.07) is 4.92. The van der Waals surface area contributed by atoms with Gasteiger partial charge in [0.2, 0.25) is 5.96 Å². The first kappa shape index (κ1) is 20.2. The minimum atomic E-state index is -1.17. The van der Waals surface area contributed by atoms with Gasteiger partial charge in [0, 0.05) is 12.1 Å². The van der Waals surface area contributed by atoms with Crippen molar-refractivity contribution >= 4 is 28.6 Å². The highest BCUT2D eigenvalue weighted by atomic mass is 19.2. The van der Waals surface area contributed by atoms with Crippen molar-refractivity contribution < 1.29 is 23.1 Å². The summed E-state index contributed by atoms with van der Waals surface area (Å²) in [6.07, 6.45) is 0. The number of amides is 1. The quantitative estimate of drug-likeness (QED) is 0.393. The average molecular weight is 405 g/mol. The van der Waals surface area contributed by atoms with Gasteiger partial charge in [0.15, 0.2) is 17.5 Å². The Labute approximate surface area is 163 Å². The van der Waals surface area contributed by atoms with E-state index in [2.05, 4.69) is 25.8 Å². The molecular weight excluding hydrogens is 387 g/mol. The maximum Gasteiger partial charge on any atom is 0.280 e. The van der Waals surface area contributed by atoms with Gasteiger partial charge in [0.1, 0.15) is 17.1 Å². The number of halogens is 3. The Bertz CT molecular complexity index is 1090. The number of carbonyl (C=O) groups is 1. The van der Waals surface area contributed by atoms with Crippen LogP contribution in [0.25, 0.3) is 10.9 Å². The molecule has 0 aliphatic rings. The van der Waals surface area contributed by atoms with E-state index in [1.807, 2.05) is 13.8 Å². The van der Waals surface area contributed by atoms with Gasteiger partial charge in [0.05, 0.1) is 5.39 Å². The van der Waals surface area contributed by atoms with E-state index in [0.717, 1.165) is 24.3 Å². The summed E-state index contributed by atoms with van der Waals surface area (Å²) in [6.45, 7) is 4.25. The molecule has 0 fully saturated rings. The SMILES string of the molecule is CC(C)CN/C(=N/C(=O)c1ccc(F)c(F)c1)Nc1n[nH]c2c(O)ccc(F)c12. The van der Waals surface area contributed by atoms with Gasteiger partial charge >= 0.3 is 0 Å². The molecule has 3 rings (SSSR count). The molecule has 4 N–H and O–H groups in total. The molecule has 0 unspecified atom stereocenters. The molecule has 29 heavy (non-hydrogen) atoms. The fourth-order valence-electron chi connectivity index (χ4n) is 2.49. The van der Waals surface area contributed by atoms with E-state index in [0.29, 0.717) is 6.54 Å². The lowest BCUT2D eigenvalue weighted by atomic mass is 10.2. The molecule has 0 radical (unpaired) electrons. The molecule has 0 atom stereocenters. The second kappa shape index (κ2) is 8.21. The van der Waals surface area contributed by atoms with Crippen LogP contribution in [0.4, 0.5) is 19.0 Å². The van der Waals surface area contributed by atoms with E-state index in [9.17, 15) is 23.1 Å². The molecule has 0 aliphatic carbocycles. The fourth-order valence-corrected chi connectivity index (χ4v) is 2.49. The third-order valence-electron chi connectivity index (χ3n) is 3.94. The third-order valence-corrected chi connectivity index (χ3v) is 3.94. The van der Waals surface area contributed by atoms with Crippen LogP contribution in [-0.4, -0.2) is 33.7 Å². The number of anilines is 1. The number of nitrogens with one attached hydrogen (secondary N) is 3. The maximum atomic E-state index is 14.2. The zero-order valence-electron chi connectivity index (χ0n) is 15.6. The molecule has 152 valence electrons. The molecular formula is C19H18F3N5O2. The summed E-state index contributed by atoms with van der Waals surface area (Å²) in [5.74, 6) is -3.85. The van der Waals surface area contributed by atoms with Crippen LogP contribution < -0.4 is 10.6 Å². The number of rotatable bonds is 4. The van der Waals surface area contributed by atoms with Crippen molar-refractivity contribution in [2.24, 2.45) is 10.9 Å². The Morgan fingerprint density at radius 1 is 1.17 bits per heavy atom. The number of hydrogen-bond acceptors (Lipinski definition) is 3. The van der Waals surface area contributed by atoms with E-state index < -0.39 is 23.4 Å². The molecule has 0 saturated carbocycles. The predicted molar refractivity (Wildman–Crippen MR) is 102 cm³/mol. The molecule has 1 aromatic heterocycles. The summed E-state index contributed by atoms with van der Waals surface area (Å²) in [4.78, 5) is 16.2. The highest BCUT2D eigenvalue weighted by molar-refractivity contribution is 6.09. The average Bonchev–Trinajstić information content (AvgIpc) is 3.10. The number of hydrogen-bond donors (Lipinski definition) is 4. The van der Waals surface area contributed by atoms with Gasteiger partial charge in [-0.15, -0.1) is 0 Å². The van der Waals surface area contributed by atoms with Crippen LogP contribution in [0.2, 0.25) is 0 Å². The molecule has 0 bridgehead atoms. The Morgan fingerprint density at radius 3 is 2.59 bits per heavy atom. The van der Waals surface area contributed by atoms with E-state index in [1.54, 1.807) is 0 Å². The Morgan fingerprint density at radius 2 is 1.90 bits per heavy atom. The number of aromatic amines is 1. The standard InChI is InChI=1S/C19H18F3N5O2/c1-9(2)8-23-19(25-18(29)10-3-4-11(20)13(22)7-10)24-17-15-12(21)5-6-14(28)16(15)26-27-17/h3-7,9,28H,8H2,1-2H3,(H3,23,24,25,26,27,29). The first-order valence-electron chi connectivity index (χ1n) is 8.70. The highest BCUT2D eigenvalue weighted by Gasteiger charge is 2.17. The van der Waals surface area contributed by atoms with Gasteiger partial charge in [-0.2, -0.15) is 10.1 Å². The molecule has 2 aromatic carbocycles. The normalized spacial score (nSPS) is 11.9. The predicted octanol–water partition coefficient (Wildman–Crippen LogP) is 3.54. The van der Waals surface area contributed by atoms with Crippen molar-refractivity contribution in [3.05, 3.63) is 53.3 Å². The summed E-state index contributed by atoms with van der Waals surface area (Å²) in [7, 11) is 0. The maximum absolute atomic E-state index is 14.2. The Hall–Kier alpha value is -3.56. The smallest absolute Gasteiger partial charge is 0.280 e. The number of H-pyrrole nitrogens is 1. The number of carbonyl (C=O) groups excluding carboxylic acids is 1. The van der Waals surface area contributed by atoms with Gasteiger partial charge in [-0.1, -0.05) is 13.8 Å². The van der Waals surface area contributed by atoms with E-state index in [4.69, 9.17) is 0 Å². The number of guanidine groups is 1. The van der Waals surface area contributed by atoms with Crippen LogP contribution in [0, 0.1) is 23.4 Å². The lowest BCUT2D eigenvalue weighted by molar-refractivity contribution is 0.100. The Kier molecular flexibility index (Phi) is 5.71. The van der Waals surface area contributed by atoms with Crippen LogP contribution in [-0.2, 0) is 0 Å². The fraction of sp³-hybridized carbons (Fsp3) is 0.211. The first-order chi connectivity index (χ1) is 13.8. The summed E-state index contributed by atoms with van der Waals surface area (Å²) in [5.41, 5.74) is -0.0899. The van der Waals surface area contributed by atoms with Crippen molar-refractivity contribution in [3.8, 4) is 5.75 Å². The van der Waals surface area contributed by atoms with E-state index in [-0.39, 0.29) is 39.9 Å². The van der Waals surface area contributed by atoms with Crippen molar-refractivity contribution in [2.45, 2.75) is 13.8 Å². The van der Waals surface area contributed by atoms with Crippen LogP contribution in [0.3, 0.4) is 0 Å². The number of phenols is 1. The summed E-state index contributed by atoms with van der Waals surface area (Å²) in [5, 5.41) is 21.8. The number of benzene rings is 2. The number of nitrogens with zero attached hydrogens (tertiary/aromatic N) is 2. The van der Waals surface area contributed by atoms with Crippen LogP contribution in [0.1, 0.15) is 24.2 Å². The van der Waals surface area contributed by atoms with Gasteiger partial charge < -0.3 is 15.7 Å². The number of aromatic nitrogens is 2. The topological polar surface area (TPSA) is 102 Å². The number of phenolic OH excluding ortho intramolecular Hbond substituents is 1. The van der Waals surface area contributed by atoms with Crippen LogP contribution in [0.15, 0.2) is 35.3 Å². The number of aromatic hydroxyl groups is 1. The Balaban J connectivity index is 1.95. The molecule has 7 nitrogen and oxygen atoms in total. The largest absolute Gasteiger partial charge is 0.506 e. The zero-order chi connectivity index (χ0) is 21.1.